The van der Waals surface area contributed by atoms with Gasteiger partial charge in [-0.2, -0.15) is 0 Å². The summed E-state index contributed by atoms with van der Waals surface area (Å²) in [6.45, 7) is 2.05. The summed E-state index contributed by atoms with van der Waals surface area (Å²) in [7, 11) is 0. The molecule has 0 aliphatic rings. The zero-order valence-electron chi connectivity index (χ0n) is 9.35. The summed E-state index contributed by atoms with van der Waals surface area (Å²) in [6.07, 6.45) is 0. The average Bonchev–Trinajstić information content (AvgIpc) is 2.32. The molecule has 0 heterocycles. The van der Waals surface area contributed by atoms with Crippen LogP contribution in [-0.2, 0) is 0 Å². The van der Waals surface area contributed by atoms with Crippen molar-refractivity contribution in [2.45, 2.75) is 6.92 Å². The molecule has 17 heavy (non-hydrogen) atoms. The molecule has 0 aliphatic heterocycles. The number of carbonyl (C=O) groups is 1. The van der Waals surface area contributed by atoms with Crippen molar-refractivity contribution in [2.75, 3.05) is 0 Å². The van der Waals surface area contributed by atoms with Crippen LogP contribution >= 0.6 is 0 Å². The van der Waals surface area contributed by atoms with Gasteiger partial charge in [-0.15, -0.1) is 0 Å². The third-order valence-corrected chi connectivity index (χ3v) is 5.19. The van der Waals surface area contributed by atoms with Crippen LogP contribution in [0.3, 0.4) is 0 Å². The maximum absolute atomic E-state index is 11.1. The van der Waals surface area contributed by atoms with Crippen molar-refractivity contribution in [2.24, 2.45) is 0 Å². The van der Waals surface area contributed by atoms with Gasteiger partial charge in [-0.3, -0.25) is 0 Å². The van der Waals surface area contributed by atoms with Crippen LogP contribution in [0.4, 0.5) is 0 Å². The molecule has 2 rings (SSSR count). The zero-order valence-corrected chi connectivity index (χ0v) is 11.5. The number of rotatable bonds is 3. The fourth-order valence-electron chi connectivity index (χ4n) is 1.43. The number of aromatic carboxylic acids is 1. The maximum atomic E-state index is 11.1. The van der Waals surface area contributed by atoms with E-state index < -0.39 is 27.2 Å². The molecule has 0 saturated heterocycles. The van der Waals surface area contributed by atoms with Crippen molar-refractivity contribution < 1.29 is 31.1 Å². The Balaban J connectivity index is 2.30. The van der Waals surface area contributed by atoms with Crippen molar-refractivity contribution >= 4 is 5.97 Å². The standard InChI is InChI=1S/C14H12IO2/c1-10-6-8-11(9-7-10)15-13-5-3-2-4-12(13)14(16)17/h2-9H,1H3,(H,16,17)/q-1. The summed E-state index contributed by atoms with van der Waals surface area (Å²) in [6, 6.07) is 15.6. The van der Waals surface area contributed by atoms with Gasteiger partial charge >= 0.3 is 111 Å². The first kappa shape index (κ1) is 12.1. The first-order valence-corrected chi connectivity index (χ1v) is 7.36. The Morgan fingerprint density at radius 2 is 1.71 bits per heavy atom. The van der Waals surface area contributed by atoms with Gasteiger partial charge in [0.25, 0.3) is 0 Å². The number of aryl methyl sites for hydroxylation is 1. The topological polar surface area (TPSA) is 37.3 Å². The van der Waals surface area contributed by atoms with Gasteiger partial charge < -0.3 is 0 Å². The minimum absolute atomic E-state index is 0.420. The molecule has 88 valence electrons. The van der Waals surface area contributed by atoms with Gasteiger partial charge in [0.05, 0.1) is 0 Å². The summed E-state index contributed by atoms with van der Waals surface area (Å²) in [4.78, 5) is 11.1. The number of hydrogen-bond donors (Lipinski definition) is 1. The third-order valence-electron chi connectivity index (χ3n) is 2.33. The number of carboxylic acids is 1. The van der Waals surface area contributed by atoms with Gasteiger partial charge in [-0.05, 0) is 0 Å². The number of carboxylic acid groups (broad SMARTS) is 1. The molecule has 0 bridgehead atoms. The Morgan fingerprint density at radius 3 is 2.35 bits per heavy atom. The quantitative estimate of drug-likeness (QED) is 0.788. The van der Waals surface area contributed by atoms with Gasteiger partial charge in [0, 0.05) is 0 Å². The van der Waals surface area contributed by atoms with Gasteiger partial charge in [-0.25, -0.2) is 0 Å². The fourth-order valence-corrected chi connectivity index (χ4v) is 3.91. The fraction of sp³-hybridized carbons (Fsp3) is 0.0714. The van der Waals surface area contributed by atoms with E-state index in [4.69, 9.17) is 5.11 Å². The van der Waals surface area contributed by atoms with E-state index in [9.17, 15) is 4.79 Å². The van der Waals surface area contributed by atoms with Crippen molar-refractivity contribution in [1.82, 2.24) is 0 Å². The molecule has 0 radical (unpaired) electrons. The summed E-state index contributed by atoms with van der Waals surface area (Å²) in [5, 5.41) is 9.11. The van der Waals surface area contributed by atoms with Crippen LogP contribution in [0.5, 0.6) is 0 Å². The third kappa shape index (κ3) is 3.06. The van der Waals surface area contributed by atoms with E-state index in [-0.39, 0.29) is 0 Å². The summed E-state index contributed by atoms with van der Waals surface area (Å²) >= 11 is -0.420. The second-order valence-corrected chi connectivity index (χ2v) is 6.62. The Morgan fingerprint density at radius 1 is 1.06 bits per heavy atom. The molecular weight excluding hydrogens is 327 g/mol. The molecule has 0 saturated carbocycles. The van der Waals surface area contributed by atoms with E-state index in [1.54, 1.807) is 12.1 Å². The second-order valence-electron chi connectivity index (χ2n) is 3.68. The van der Waals surface area contributed by atoms with Gasteiger partial charge in [-0.1, -0.05) is 0 Å². The SMILES string of the molecule is Cc1ccc([I-]c2ccccc2C(=O)O)cc1. The Labute approximate surface area is 111 Å². The molecule has 1 N–H and O–H groups in total. The second kappa shape index (κ2) is 5.31. The van der Waals surface area contributed by atoms with E-state index in [1.807, 2.05) is 19.1 Å². The normalized spacial score (nSPS) is 10.4. The molecule has 3 heteroatoms. The van der Waals surface area contributed by atoms with Crippen molar-refractivity contribution in [3.8, 4) is 0 Å². The Kier molecular flexibility index (Phi) is 3.78. The van der Waals surface area contributed by atoms with Crippen molar-refractivity contribution in [3.05, 3.63) is 66.8 Å². The molecular formula is C14H12IO2-. The van der Waals surface area contributed by atoms with Crippen LogP contribution in [0.2, 0.25) is 0 Å². The zero-order chi connectivity index (χ0) is 12.3. The molecule has 0 unspecified atom stereocenters. The molecule has 0 aromatic heterocycles. The monoisotopic (exact) mass is 339 g/mol. The summed E-state index contributed by atoms with van der Waals surface area (Å²) in [5.74, 6) is -0.840. The predicted molar refractivity (Wildman–Crippen MR) is 62.0 cm³/mol. The Hall–Kier alpha value is -1.36. The summed E-state index contributed by atoms with van der Waals surface area (Å²) in [5.41, 5.74) is 1.66. The minimum atomic E-state index is -0.840. The van der Waals surface area contributed by atoms with Crippen LogP contribution in [0.15, 0.2) is 48.5 Å². The molecule has 0 atom stereocenters. The average molecular weight is 339 g/mol. The van der Waals surface area contributed by atoms with Crippen LogP contribution < -0.4 is 21.2 Å². The van der Waals surface area contributed by atoms with Crippen LogP contribution in [-0.4, -0.2) is 11.1 Å². The van der Waals surface area contributed by atoms with Crippen molar-refractivity contribution in [1.29, 1.82) is 0 Å². The molecule has 0 fully saturated rings. The molecule has 2 aromatic rings. The molecule has 0 spiro atoms. The van der Waals surface area contributed by atoms with E-state index in [0.29, 0.717) is 5.56 Å². The van der Waals surface area contributed by atoms with E-state index in [1.165, 1.54) is 9.13 Å². The van der Waals surface area contributed by atoms with Crippen LogP contribution in [0.25, 0.3) is 0 Å². The summed E-state index contributed by atoms with van der Waals surface area (Å²) < 4.78 is 2.20. The van der Waals surface area contributed by atoms with Gasteiger partial charge in [0.15, 0.2) is 0 Å². The van der Waals surface area contributed by atoms with E-state index in [2.05, 4.69) is 24.3 Å². The molecule has 0 aliphatic carbocycles. The van der Waals surface area contributed by atoms with E-state index in [0.717, 1.165) is 3.57 Å². The number of halogens is 1. The molecule has 2 nitrogen and oxygen atoms in total. The molecule has 2 aromatic carbocycles. The Bertz CT molecular complexity index is 532. The molecule has 0 amide bonds. The van der Waals surface area contributed by atoms with Crippen molar-refractivity contribution in [3.63, 3.8) is 0 Å². The van der Waals surface area contributed by atoms with Crippen LogP contribution in [0.1, 0.15) is 15.9 Å². The van der Waals surface area contributed by atoms with E-state index >= 15 is 0 Å². The predicted octanol–water partition coefficient (Wildman–Crippen LogP) is -0.178. The first-order valence-electron chi connectivity index (χ1n) is 5.20. The van der Waals surface area contributed by atoms with Gasteiger partial charge in [0.2, 0.25) is 0 Å². The number of hydrogen-bond acceptors (Lipinski definition) is 1. The number of benzene rings is 2. The van der Waals surface area contributed by atoms with Gasteiger partial charge in [0.1, 0.15) is 0 Å². The first-order chi connectivity index (χ1) is 8.16. The van der Waals surface area contributed by atoms with Crippen LogP contribution in [0, 0.1) is 14.1 Å².